The summed E-state index contributed by atoms with van der Waals surface area (Å²) in [6.45, 7) is 82.8. The lowest BCUT2D eigenvalue weighted by Gasteiger charge is -2.15. The van der Waals surface area contributed by atoms with Gasteiger partial charge in [0.15, 0.2) is 0 Å². The largest absolute Gasteiger partial charge is 0.466 e. The van der Waals surface area contributed by atoms with Crippen LogP contribution in [0.15, 0.2) is 8.83 Å². The van der Waals surface area contributed by atoms with Crippen LogP contribution in [-0.4, -0.2) is 33.2 Å². The molecule has 10 aromatic rings. The molecule has 0 saturated heterocycles. The van der Waals surface area contributed by atoms with Crippen molar-refractivity contribution in [3.05, 3.63) is 215 Å². The number of thiophene rings is 2. The minimum Gasteiger partial charge on any atom is -0.466 e. The second-order valence-corrected chi connectivity index (χ2v) is 30.5. The molecule has 0 atom stereocenters. The smallest absolute Gasteiger partial charge is 0.105 e. The van der Waals surface area contributed by atoms with Crippen molar-refractivity contribution < 1.29 is 8.83 Å². The molecule has 0 saturated carbocycles. The Bertz CT molecular complexity index is 3250. The van der Waals surface area contributed by atoms with E-state index in [0.29, 0.717) is 0 Å². The standard InChI is InChI=1S/C12H18.2C9H15N.2C8H12O.2C8H12S.2C7H12N2.C6H9NS/c1-7-8(2)10(4)12(6)11(5)9(7)3;2*1-6-7(2)9(4)10(5)8(6)3;4*1-5-6(2)8(4)9-7(5)3;2*1-5-6(2)9(4)7(3)8-5;1-4-5(2)8-6(3)7-4/h1-6H3;2*1-5H3;6*1-4H3;1-3H3. The Balaban J connectivity index is 0.000000523. The summed E-state index contributed by atoms with van der Waals surface area (Å²) in [5.41, 5.74) is 37.0. The van der Waals surface area contributed by atoms with Gasteiger partial charge in [-0.1, -0.05) is 0 Å². The Morgan fingerprint density at radius 3 is 0.479 bits per heavy atom. The molecule has 94 heavy (non-hydrogen) atoms. The average molecular weight is 1340 g/mol. The van der Waals surface area contributed by atoms with E-state index >= 15 is 0 Å². The summed E-state index contributed by atoms with van der Waals surface area (Å²) in [5, 5.41) is 1.17. The number of hydrogen-bond donors (Lipinski definition) is 0. The highest BCUT2D eigenvalue weighted by Crippen LogP contribution is 2.28. The molecule has 10 rings (SSSR count). The summed E-state index contributed by atoms with van der Waals surface area (Å²) in [7, 11) is 8.30. The van der Waals surface area contributed by atoms with Crippen LogP contribution in [0.2, 0.25) is 0 Å². The quantitative estimate of drug-likeness (QED) is 0.151. The number of rotatable bonds is 0. The molecule has 1 aromatic carbocycles. The molecule has 9 heterocycles. The monoisotopic (exact) mass is 1340 g/mol. The van der Waals surface area contributed by atoms with Gasteiger partial charge in [-0.05, 0) is 370 Å². The van der Waals surface area contributed by atoms with Crippen molar-refractivity contribution in [3.63, 3.8) is 0 Å². The van der Waals surface area contributed by atoms with Gasteiger partial charge in [-0.2, -0.15) is 0 Å². The fraction of sp³-hybridized carbons (Fsp3) is 0.524. The lowest BCUT2D eigenvalue weighted by atomic mass is 9.90. The number of benzene rings is 1. The Kier molecular flexibility index (Phi) is 34.1. The molecule has 0 N–H and O–H groups in total. The van der Waals surface area contributed by atoms with E-state index in [2.05, 4.69) is 248 Å². The first kappa shape index (κ1) is 85.8. The maximum absolute atomic E-state index is 5.34. The minimum atomic E-state index is 1.05. The molecule has 0 aliphatic heterocycles. The lowest BCUT2D eigenvalue weighted by Crippen LogP contribution is -1.98. The second-order valence-electron chi connectivity index (χ2n) is 26.2. The van der Waals surface area contributed by atoms with Crippen molar-refractivity contribution in [2.75, 3.05) is 0 Å². The normalized spacial score (nSPS) is 10.3. The molecule has 0 spiro atoms. The molecule has 0 unspecified atom stereocenters. The average Bonchev–Trinajstić information content (AvgIpc) is 1.46. The molecular formula is C82H129N7O2S3. The zero-order valence-corrected chi connectivity index (χ0v) is 70.1. The van der Waals surface area contributed by atoms with Gasteiger partial charge in [0.25, 0.3) is 0 Å². The van der Waals surface area contributed by atoms with Crippen LogP contribution in [0.5, 0.6) is 0 Å². The van der Waals surface area contributed by atoms with Gasteiger partial charge in [0.05, 0.1) is 22.1 Å². The van der Waals surface area contributed by atoms with E-state index in [4.69, 9.17) is 8.83 Å². The summed E-state index contributed by atoms with van der Waals surface area (Å²) < 4.78 is 19.4. The van der Waals surface area contributed by atoms with Crippen molar-refractivity contribution in [2.45, 2.75) is 270 Å². The molecule has 9 aromatic heterocycles. The van der Waals surface area contributed by atoms with Gasteiger partial charge in [0, 0.05) is 86.7 Å². The molecule has 12 heteroatoms. The van der Waals surface area contributed by atoms with Gasteiger partial charge in [-0.15, -0.1) is 34.0 Å². The molecular weight excluding hydrogens is 1210 g/mol. The highest BCUT2D eigenvalue weighted by atomic mass is 32.1. The maximum atomic E-state index is 5.34. The third kappa shape index (κ3) is 22.4. The van der Waals surface area contributed by atoms with Crippen LogP contribution < -0.4 is 0 Å². The van der Waals surface area contributed by atoms with Crippen molar-refractivity contribution in [1.29, 1.82) is 0 Å². The van der Waals surface area contributed by atoms with E-state index in [1.165, 1.54) is 169 Å². The summed E-state index contributed by atoms with van der Waals surface area (Å²) in [6, 6.07) is 0. The van der Waals surface area contributed by atoms with Crippen LogP contribution in [0.3, 0.4) is 0 Å². The summed E-state index contributed by atoms with van der Waals surface area (Å²) >= 11 is 5.55. The van der Waals surface area contributed by atoms with E-state index in [-0.39, 0.29) is 0 Å². The summed E-state index contributed by atoms with van der Waals surface area (Å²) in [5.74, 6) is 6.36. The van der Waals surface area contributed by atoms with Crippen LogP contribution in [0.1, 0.15) is 215 Å². The number of nitrogens with zero attached hydrogens (tertiary/aromatic N) is 7. The van der Waals surface area contributed by atoms with Gasteiger partial charge in [0.2, 0.25) is 0 Å². The fourth-order valence-corrected chi connectivity index (χ4v) is 13.3. The number of thiazole rings is 1. The highest BCUT2D eigenvalue weighted by Gasteiger charge is 2.11. The van der Waals surface area contributed by atoms with Crippen LogP contribution in [0.25, 0.3) is 0 Å². The van der Waals surface area contributed by atoms with E-state index in [9.17, 15) is 0 Å². The van der Waals surface area contributed by atoms with Gasteiger partial charge in [0.1, 0.15) is 34.7 Å². The van der Waals surface area contributed by atoms with Crippen molar-refractivity contribution in [2.24, 2.45) is 28.2 Å². The van der Waals surface area contributed by atoms with E-state index in [1.807, 2.05) is 106 Å². The van der Waals surface area contributed by atoms with E-state index in [1.54, 1.807) is 11.3 Å². The van der Waals surface area contributed by atoms with Crippen LogP contribution in [0.4, 0.5) is 0 Å². The number of aromatic nitrogens is 7. The van der Waals surface area contributed by atoms with Gasteiger partial charge in [-0.3, -0.25) is 0 Å². The predicted octanol–water partition coefficient (Wildman–Crippen LogP) is 23.8. The fourth-order valence-electron chi connectivity index (χ4n) is 10.3. The Labute approximate surface area is 586 Å². The van der Waals surface area contributed by atoms with Crippen molar-refractivity contribution >= 4 is 34.0 Å². The van der Waals surface area contributed by atoms with Gasteiger partial charge in [-0.25, -0.2) is 15.0 Å². The number of aryl methyl sites for hydroxylation is 15. The van der Waals surface area contributed by atoms with Crippen LogP contribution >= 0.6 is 34.0 Å². The first-order valence-electron chi connectivity index (χ1n) is 33.2. The topological polar surface area (TPSA) is 84.7 Å². The highest BCUT2D eigenvalue weighted by molar-refractivity contribution is 7.12. The lowest BCUT2D eigenvalue weighted by molar-refractivity contribution is 0.500. The molecule has 9 nitrogen and oxygen atoms in total. The maximum Gasteiger partial charge on any atom is 0.105 e. The summed E-state index contributed by atoms with van der Waals surface area (Å²) in [6.07, 6.45) is 0. The Morgan fingerprint density at radius 2 is 0.415 bits per heavy atom. The second kappa shape index (κ2) is 37.3. The molecule has 0 amide bonds. The van der Waals surface area contributed by atoms with Crippen LogP contribution in [-0.2, 0) is 28.2 Å². The third-order valence-electron chi connectivity index (χ3n) is 21.2. The minimum absolute atomic E-state index is 1.05. The molecule has 0 fully saturated rings. The SMILES string of the molecule is Cc1c(C)c(C)c(C)c(C)c1C.Cc1c(C)c(C)n(C)c1C.Cc1c(C)c(C)n(C)c1C.Cc1nc(C)c(C)s1.Cc1nc(C)n(C)c1C.Cc1nc(C)n(C)c1C.Cc1oc(C)c(C)c1C.Cc1oc(C)c(C)c1C.Cc1sc(C)c(C)c1C.Cc1sc(C)c(C)c1C. The van der Waals surface area contributed by atoms with Gasteiger partial charge >= 0.3 is 0 Å². The predicted molar refractivity (Wildman–Crippen MR) is 417 cm³/mol. The first-order valence-corrected chi connectivity index (χ1v) is 35.7. The molecule has 0 bridgehead atoms. The van der Waals surface area contributed by atoms with Crippen LogP contribution in [0, 0.1) is 270 Å². The zero-order valence-electron chi connectivity index (χ0n) is 67.7. The molecule has 0 aliphatic rings. The molecule has 522 valence electrons. The number of furan rings is 2. The Hall–Kier alpha value is -6.21. The first-order chi connectivity index (χ1) is 43.0. The van der Waals surface area contributed by atoms with Crippen molar-refractivity contribution in [1.82, 2.24) is 33.2 Å². The zero-order chi connectivity index (χ0) is 73.5. The van der Waals surface area contributed by atoms with E-state index in [0.717, 1.165) is 46.1 Å². The van der Waals surface area contributed by atoms with Gasteiger partial charge < -0.3 is 27.1 Å². The Morgan fingerprint density at radius 1 is 0.202 bits per heavy atom. The molecule has 0 aliphatic carbocycles. The summed E-state index contributed by atoms with van der Waals surface area (Å²) in [4.78, 5) is 20.0. The van der Waals surface area contributed by atoms with E-state index < -0.39 is 0 Å². The third-order valence-corrected chi connectivity index (χ3v) is 24.6. The number of imidazole rings is 2. The molecule has 0 radical (unpaired) electrons. The van der Waals surface area contributed by atoms with Crippen molar-refractivity contribution in [3.8, 4) is 0 Å². The number of hydrogen-bond acceptors (Lipinski definition) is 8.